The maximum Gasteiger partial charge on any atom is 0.306 e. The number of carbonyl (C=O) groups excluding carboxylic acids is 1. The molecule has 1 atom stereocenters. The van der Waals surface area contributed by atoms with E-state index in [-0.39, 0.29) is 18.9 Å². The van der Waals surface area contributed by atoms with E-state index in [2.05, 4.69) is 26.0 Å². The number of benzene rings is 1. The molecule has 0 aliphatic heterocycles. The van der Waals surface area contributed by atoms with Gasteiger partial charge in [-0.3, -0.25) is 4.79 Å². The molecule has 1 N–H and O–H groups in total. The van der Waals surface area contributed by atoms with Crippen molar-refractivity contribution in [3.63, 3.8) is 0 Å². The van der Waals surface area contributed by atoms with E-state index in [4.69, 9.17) is 14.2 Å². The Morgan fingerprint density at radius 2 is 1.81 bits per heavy atom. The topological polar surface area (TPSA) is 65.0 Å². The number of hydrogen-bond acceptors (Lipinski definition) is 6. The van der Waals surface area contributed by atoms with Gasteiger partial charge in [-0.15, -0.1) is 11.8 Å². The Kier molecular flexibility index (Phi) is 16.6. The number of aliphatic hydroxyl groups is 1. The van der Waals surface area contributed by atoms with E-state index >= 15 is 0 Å². The van der Waals surface area contributed by atoms with Crippen LogP contribution in [-0.2, 0) is 32.0 Å². The van der Waals surface area contributed by atoms with E-state index in [0.29, 0.717) is 37.9 Å². The number of hydrogen-bond donors (Lipinski definition) is 1. The standard InChI is InChI=1S/C26H44O5S/c1-5-9-11-21(6-2)20-31-25(28)16-17-32-24-18-22(14-15-23(24)19-27)12-10-13-26(29-7-3)30-8-4/h14-15,18,21,26-27H,5-13,16-17,19-20H2,1-4H3. The van der Waals surface area contributed by atoms with Gasteiger partial charge in [-0.2, -0.15) is 0 Å². The first-order valence-electron chi connectivity index (χ1n) is 12.3. The molecule has 0 fully saturated rings. The number of aliphatic hydroxyl groups excluding tert-OH is 1. The molecule has 1 aromatic rings. The number of aryl methyl sites for hydroxylation is 1. The zero-order valence-electron chi connectivity index (χ0n) is 20.6. The maximum atomic E-state index is 12.2. The SMILES string of the molecule is CCCCC(CC)COC(=O)CCSc1cc(CCCC(OCC)OCC)ccc1CO. The van der Waals surface area contributed by atoms with Crippen molar-refractivity contribution >= 4 is 17.7 Å². The van der Waals surface area contributed by atoms with Gasteiger partial charge in [-0.25, -0.2) is 0 Å². The molecule has 0 saturated heterocycles. The average molecular weight is 469 g/mol. The fraction of sp³-hybridized carbons (Fsp3) is 0.731. The van der Waals surface area contributed by atoms with Crippen LogP contribution in [-0.4, -0.2) is 42.9 Å². The lowest BCUT2D eigenvalue weighted by atomic mass is 10.0. The normalized spacial score (nSPS) is 12.3. The Morgan fingerprint density at radius 1 is 1.06 bits per heavy atom. The van der Waals surface area contributed by atoms with Crippen molar-refractivity contribution in [2.45, 2.75) is 96.9 Å². The van der Waals surface area contributed by atoms with Crippen LogP contribution in [0, 0.1) is 5.92 Å². The molecule has 0 radical (unpaired) electrons. The van der Waals surface area contributed by atoms with Crippen molar-refractivity contribution in [2.24, 2.45) is 5.92 Å². The molecule has 1 rings (SSSR count). The molecule has 0 spiro atoms. The van der Waals surface area contributed by atoms with Gasteiger partial charge in [-0.05, 0) is 62.6 Å². The monoisotopic (exact) mass is 468 g/mol. The van der Waals surface area contributed by atoms with E-state index in [9.17, 15) is 9.90 Å². The van der Waals surface area contributed by atoms with Gasteiger partial charge in [0.1, 0.15) is 0 Å². The second-order valence-electron chi connectivity index (χ2n) is 8.03. The Hall–Kier alpha value is -1.08. The molecule has 6 heteroatoms. The van der Waals surface area contributed by atoms with Crippen LogP contribution in [0.15, 0.2) is 23.1 Å². The first kappa shape index (κ1) is 29.0. The number of unbranched alkanes of at least 4 members (excludes halogenated alkanes) is 1. The summed E-state index contributed by atoms with van der Waals surface area (Å²) >= 11 is 1.61. The molecule has 1 unspecified atom stereocenters. The number of thioether (sulfide) groups is 1. The fourth-order valence-electron chi connectivity index (χ4n) is 3.50. The van der Waals surface area contributed by atoms with Gasteiger partial charge in [0.05, 0.1) is 19.6 Å². The quantitative estimate of drug-likeness (QED) is 0.149. The van der Waals surface area contributed by atoms with Gasteiger partial charge in [0.15, 0.2) is 6.29 Å². The van der Waals surface area contributed by atoms with Crippen LogP contribution in [0.25, 0.3) is 0 Å². The first-order chi connectivity index (χ1) is 15.6. The van der Waals surface area contributed by atoms with Crippen molar-refractivity contribution < 1.29 is 24.1 Å². The Labute approximate surface area is 199 Å². The minimum absolute atomic E-state index is 0.000573. The smallest absolute Gasteiger partial charge is 0.306 e. The summed E-state index contributed by atoms with van der Waals surface area (Å²) in [6, 6.07) is 6.19. The highest BCUT2D eigenvalue weighted by Gasteiger charge is 2.12. The molecule has 0 amide bonds. The van der Waals surface area contributed by atoms with Crippen molar-refractivity contribution in [3.8, 4) is 0 Å². The maximum absolute atomic E-state index is 12.2. The van der Waals surface area contributed by atoms with Crippen molar-refractivity contribution in [1.82, 2.24) is 0 Å². The molecule has 0 aliphatic rings. The third-order valence-electron chi connectivity index (χ3n) is 5.50. The number of esters is 1. The van der Waals surface area contributed by atoms with Crippen molar-refractivity contribution in [2.75, 3.05) is 25.6 Å². The van der Waals surface area contributed by atoms with Crippen LogP contribution >= 0.6 is 11.8 Å². The Morgan fingerprint density at radius 3 is 2.44 bits per heavy atom. The van der Waals surface area contributed by atoms with Crippen LogP contribution in [0.2, 0.25) is 0 Å². The molecule has 184 valence electrons. The summed E-state index contributed by atoms with van der Waals surface area (Å²) in [6.07, 6.45) is 7.52. The fourth-order valence-corrected chi connectivity index (χ4v) is 4.55. The lowest BCUT2D eigenvalue weighted by molar-refractivity contribution is -0.144. The number of carbonyl (C=O) groups is 1. The van der Waals surface area contributed by atoms with Crippen molar-refractivity contribution in [1.29, 1.82) is 0 Å². The summed E-state index contributed by atoms with van der Waals surface area (Å²) in [5.41, 5.74) is 2.12. The van der Waals surface area contributed by atoms with Gasteiger partial charge in [0.2, 0.25) is 0 Å². The third-order valence-corrected chi connectivity index (χ3v) is 6.60. The second-order valence-corrected chi connectivity index (χ2v) is 9.17. The summed E-state index contributed by atoms with van der Waals surface area (Å²) in [7, 11) is 0. The van der Waals surface area contributed by atoms with E-state index in [1.165, 1.54) is 18.4 Å². The first-order valence-corrected chi connectivity index (χ1v) is 13.3. The van der Waals surface area contributed by atoms with Crippen LogP contribution in [0.5, 0.6) is 0 Å². The summed E-state index contributed by atoms with van der Waals surface area (Å²) in [5, 5.41) is 9.69. The highest BCUT2D eigenvalue weighted by atomic mass is 32.2. The van der Waals surface area contributed by atoms with Crippen LogP contribution in [0.1, 0.15) is 83.8 Å². The van der Waals surface area contributed by atoms with Gasteiger partial charge < -0.3 is 19.3 Å². The van der Waals surface area contributed by atoms with E-state index < -0.39 is 0 Å². The minimum Gasteiger partial charge on any atom is -0.465 e. The Balaban J connectivity index is 2.48. The molecule has 0 heterocycles. The Bertz CT molecular complexity index is 616. The van der Waals surface area contributed by atoms with Crippen molar-refractivity contribution in [3.05, 3.63) is 29.3 Å². The summed E-state index contributed by atoms with van der Waals surface area (Å²) < 4.78 is 16.7. The van der Waals surface area contributed by atoms with Gasteiger partial charge in [0, 0.05) is 23.9 Å². The molecule has 32 heavy (non-hydrogen) atoms. The minimum atomic E-state index is -0.143. The zero-order chi connectivity index (χ0) is 23.6. The summed E-state index contributed by atoms with van der Waals surface area (Å²) in [4.78, 5) is 13.2. The lowest BCUT2D eigenvalue weighted by Crippen LogP contribution is -2.17. The highest BCUT2D eigenvalue weighted by molar-refractivity contribution is 7.99. The van der Waals surface area contributed by atoms with Gasteiger partial charge >= 0.3 is 5.97 Å². The predicted molar refractivity (Wildman–Crippen MR) is 132 cm³/mol. The number of ether oxygens (including phenoxy) is 3. The molecular formula is C26H44O5S. The largest absolute Gasteiger partial charge is 0.465 e. The molecule has 0 aliphatic carbocycles. The lowest BCUT2D eigenvalue weighted by Gasteiger charge is -2.17. The zero-order valence-corrected chi connectivity index (χ0v) is 21.4. The van der Waals surface area contributed by atoms with Gasteiger partial charge in [-0.1, -0.05) is 45.2 Å². The summed E-state index contributed by atoms with van der Waals surface area (Å²) in [6.45, 7) is 10.1. The highest BCUT2D eigenvalue weighted by Crippen LogP contribution is 2.26. The summed E-state index contributed by atoms with van der Waals surface area (Å²) in [5.74, 6) is 0.985. The molecule has 0 aromatic heterocycles. The predicted octanol–water partition coefficient (Wildman–Crippen LogP) is 6.14. The van der Waals surface area contributed by atoms with E-state index in [0.717, 1.165) is 42.6 Å². The van der Waals surface area contributed by atoms with Crippen LogP contribution < -0.4 is 0 Å². The third kappa shape index (κ3) is 12.2. The second kappa shape index (κ2) is 18.4. The van der Waals surface area contributed by atoms with Crippen LogP contribution in [0.3, 0.4) is 0 Å². The van der Waals surface area contributed by atoms with Crippen LogP contribution in [0.4, 0.5) is 0 Å². The molecule has 0 saturated carbocycles. The average Bonchev–Trinajstić information content (AvgIpc) is 2.79. The molecule has 5 nitrogen and oxygen atoms in total. The van der Waals surface area contributed by atoms with Gasteiger partial charge in [0.25, 0.3) is 0 Å². The number of rotatable bonds is 19. The molecule has 0 bridgehead atoms. The molecule has 1 aromatic carbocycles. The van der Waals surface area contributed by atoms with E-state index in [1.54, 1.807) is 11.8 Å². The van der Waals surface area contributed by atoms with E-state index in [1.807, 2.05) is 19.9 Å². The molecular weight excluding hydrogens is 424 g/mol.